The average molecular weight is 218 g/mol. The summed E-state index contributed by atoms with van der Waals surface area (Å²) >= 11 is 0. The van der Waals surface area contributed by atoms with Crippen LogP contribution < -0.4 is 4.74 Å². The number of aryl methyl sites for hydroxylation is 2. The molecule has 0 N–H and O–H groups in total. The van der Waals surface area contributed by atoms with Crippen molar-refractivity contribution in [2.45, 2.75) is 33.1 Å². The van der Waals surface area contributed by atoms with Gasteiger partial charge in [0.2, 0.25) is 0 Å². The van der Waals surface area contributed by atoms with Crippen molar-refractivity contribution in [1.82, 2.24) is 0 Å². The average Bonchev–Trinajstić information content (AvgIpc) is 2.98. The van der Waals surface area contributed by atoms with Crippen LogP contribution in [0.15, 0.2) is 18.2 Å². The van der Waals surface area contributed by atoms with Crippen molar-refractivity contribution in [3.63, 3.8) is 0 Å². The lowest BCUT2D eigenvalue weighted by Crippen LogP contribution is -2.07. The SMILES string of the molecule is Cc1cc(C)cc(OCCC(=O)C2CC2)c1. The molecule has 2 nitrogen and oxygen atoms in total. The number of ether oxygens (including phenoxy) is 1. The van der Waals surface area contributed by atoms with Gasteiger partial charge >= 0.3 is 0 Å². The van der Waals surface area contributed by atoms with Gasteiger partial charge in [0.25, 0.3) is 0 Å². The second-order valence-corrected chi connectivity index (χ2v) is 4.66. The van der Waals surface area contributed by atoms with Crippen LogP contribution in [0.4, 0.5) is 0 Å². The Kier molecular flexibility index (Phi) is 3.28. The molecule has 0 aromatic heterocycles. The maximum absolute atomic E-state index is 11.4. The van der Waals surface area contributed by atoms with E-state index in [4.69, 9.17) is 4.74 Å². The zero-order valence-corrected chi connectivity index (χ0v) is 9.95. The van der Waals surface area contributed by atoms with E-state index in [-0.39, 0.29) is 0 Å². The van der Waals surface area contributed by atoms with Gasteiger partial charge in [-0.25, -0.2) is 0 Å². The Labute approximate surface area is 96.6 Å². The Morgan fingerprint density at radius 3 is 2.44 bits per heavy atom. The van der Waals surface area contributed by atoms with E-state index >= 15 is 0 Å². The summed E-state index contributed by atoms with van der Waals surface area (Å²) in [6.45, 7) is 4.61. The normalized spacial score (nSPS) is 14.9. The van der Waals surface area contributed by atoms with Crippen LogP contribution in [0.1, 0.15) is 30.4 Å². The first kappa shape index (κ1) is 11.2. The molecule has 1 aromatic rings. The quantitative estimate of drug-likeness (QED) is 0.759. The Morgan fingerprint density at radius 1 is 1.25 bits per heavy atom. The lowest BCUT2D eigenvalue weighted by Gasteiger charge is -2.07. The second-order valence-electron chi connectivity index (χ2n) is 4.66. The Bertz CT molecular complexity index is 371. The van der Waals surface area contributed by atoms with Gasteiger partial charge in [-0.1, -0.05) is 6.07 Å². The topological polar surface area (TPSA) is 26.3 Å². The maximum atomic E-state index is 11.4. The second kappa shape index (κ2) is 4.69. The van der Waals surface area contributed by atoms with Gasteiger partial charge in [-0.2, -0.15) is 0 Å². The van der Waals surface area contributed by atoms with Crippen LogP contribution in [0, 0.1) is 19.8 Å². The standard InChI is InChI=1S/C14H18O2/c1-10-7-11(2)9-13(8-10)16-6-5-14(15)12-3-4-12/h7-9,12H,3-6H2,1-2H3. The van der Waals surface area contributed by atoms with E-state index in [0.29, 0.717) is 24.7 Å². The van der Waals surface area contributed by atoms with Crippen molar-refractivity contribution in [1.29, 1.82) is 0 Å². The third kappa shape index (κ3) is 3.09. The van der Waals surface area contributed by atoms with Crippen molar-refractivity contribution >= 4 is 5.78 Å². The largest absolute Gasteiger partial charge is 0.493 e. The summed E-state index contributed by atoms with van der Waals surface area (Å²) in [5, 5.41) is 0. The third-order valence-electron chi connectivity index (χ3n) is 2.85. The molecule has 1 aliphatic rings. The molecule has 1 aliphatic carbocycles. The lowest BCUT2D eigenvalue weighted by atomic mass is 10.1. The van der Waals surface area contributed by atoms with Crippen molar-refractivity contribution in [3.05, 3.63) is 29.3 Å². The van der Waals surface area contributed by atoms with E-state index in [9.17, 15) is 4.79 Å². The van der Waals surface area contributed by atoms with Gasteiger partial charge in [-0.15, -0.1) is 0 Å². The van der Waals surface area contributed by atoms with Gasteiger partial charge in [-0.05, 0) is 49.9 Å². The Morgan fingerprint density at radius 2 is 1.88 bits per heavy atom. The summed E-state index contributed by atoms with van der Waals surface area (Å²) in [4.78, 5) is 11.4. The fourth-order valence-corrected chi connectivity index (χ4v) is 1.90. The highest BCUT2D eigenvalue weighted by atomic mass is 16.5. The maximum Gasteiger partial charge on any atom is 0.139 e. The van der Waals surface area contributed by atoms with E-state index in [0.717, 1.165) is 18.6 Å². The number of hydrogen-bond donors (Lipinski definition) is 0. The van der Waals surface area contributed by atoms with Crippen LogP contribution in [0.25, 0.3) is 0 Å². The molecule has 2 heteroatoms. The van der Waals surface area contributed by atoms with E-state index in [1.807, 2.05) is 12.1 Å². The number of ketones is 1. The van der Waals surface area contributed by atoms with E-state index in [1.54, 1.807) is 0 Å². The van der Waals surface area contributed by atoms with Crippen LogP contribution in [0.5, 0.6) is 5.75 Å². The van der Waals surface area contributed by atoms with Crippen LogP contribution in [0.3, 0.4) is 0 Å². The zero-order chi connectivity index (χ0) is 11.5. The summed E-state index contributed by atoms with van der Waals surface area (Å²) in [6, 6.07) is 6.13. The summed E-state index contributed by atoms with van der Waals surface area (Å²) < 4.78 is 5.60. The minimum atomic E-state index is 0.350. The highest BCUT2D eigenvalue weighted by molar-refractivity contribution is 5.83. The molecule has 1 aromatic carbocycles. The predicted molar refractivity (Wildman–Crippen MR) is 63.8 cm³/mol. The monoisotopic (exact) mass is 218 g/mol. The van der Waals surface area contributed by atoms with Gasteiger partial charge in [0.1, 0.15) is 11.5 Å². The number of Topliss-reactive ketones (excluding diaryl/α,β-unsaturated/α-hetero) is 1. The molecule has 0 bridgehead atoms. The predicted octanol–water partition coefficient (Wildman–Crippen LogP) is 3.05. The molecule has 0 aliphatic heterocycles. The number of carbonyl (C=O) groups excluding carboxylic acids is 1. The lowest BCUT2D eigenvalue weighted by molar-refractivity contribution is -0.120. The molecule has 0 unspecified atom stereocenters. The van der Waals surface area contributed by atoms with Gasteiger partial charge in [0, 0.05) is 12.3 Å². The van der Waals surface area contributed by atoms with Crippen molar-refractivity contribution < 1.29 is 9.53 Å². The Balaban J connectivity index is 1.82. The van der Waals surface area contributed by atoms with Crippen molar-refractivity contribution in [2.75, 3.05) is 6.61 Å². The molecule has 0 saturated heterocycles. The molecule has 0 atom stereocenters. The number of benzene rings is 1. The fourth-order valence-electron chi connectivity index (χ4n) is 1.90. The number of carbonyl (C=O) groups is 1. The summed E-state index contributed by atoms with van der Waals surface area (Å²) in [7, 11) is 0. The van der Waals surface area contributed by atoms with Gasteiger partial charge in [0.15, 0.2) is 0 Å². The fraction of sp³-hybridized carbons (Fsp3) is 0.500. The summed E-state index contributed by atoms with van der Waals surface area (Å²) in [6.07, 6.45) is 2.72. The molecule has 16 heavy (non-hydrogen) atoms. The van der Waals surface area contributed by atoms with Crippen LogP contribution in [-0.4, -0.2) is 12.4 Å². The Hall–Kier alpha value is -1.31. The van der Waals surface area contributed by atoms with Gasteiger partial charge < -0.3 is 4.74 Å². The van der Waals surface area contributed by atoms with E-state index in [2.05, 4.69) is 19.9 Å². The molecule has 1 saturated carbocycles. The third-order valence-corrected chi connectivity index (χ3v) is 2.85. The van der Waals surface area contributed by atoms with Crippen molar-refractivity contribution in [2.24, 2.45) is 5.92 Å². The molecule has 0 amide bonds. The van der Waals surface area contributed by atoms with Crippen molar-refractivity contribution in [3.8, 4) is 5.75 Å². The number of hydrogen-bond acceptors (Lipinski definition) is 2. The smallest absolute Gasteiger partial charge is 0.139 e. The first-order valence-electron chi connectivity index (χ1n) is 5.89. The van der Waals surface area contributed by atoms with Gasteiger partial charge in [-0.3, -0.25) is 4.79 Å². The van der Waals surface area contributed by atoms with Crippen LogP contribution >= 0.6 is 0 Å². The molecule has 2 rings (SSSR count). The molecule has 1 fully saturated rings. The molecular weight excluding hydrogens is 200 g/mol. The number of rotatable bonds is 5. The van der Waals surface area contributed by atoms with E-state index < -0.39 is 0 Å². The molecule has 86 valence electrons. The van der Waals surface area contributed by atoms with E-state index in [1.165, 1.54) is 11.1 Å². The van der Waals surface area contributed by atoms with Crippen LogP contribution in [0.2, 0.25) is 0 Å². The molecule has 0 heterocycles. The molecule has 0 radical (unpaired) electrons. The van der Waals surface area contributed by atoms with Gasteiger partial charge in [0.05, 0.1) is 6.61 Å². The highest BCUT2D eigenvalue weighted by Gasteiger charge is 2.28. The highest BCUT2D eigenvalue weighted by Crippen LogP contribution is 2.30. The first-order chi connectivity index (χ1) is 7.65. The molecular formula is C14H18O2. The first-order valence-corrected chi connectivity index (χ1v) is 5.89. The van der Waals surface area contributed by atoms with Crippen LogP contribution in [-0.2, 0) is 4.79 Å². The summed E-state index contributed by atoms with van der Waals surface area (Å²) in [5.41, 5.74) is 2.40. The minimum Gasteiger partial charge on any atom is -0.493 e. The summed E-state index contributed by atoms with van der Waals surface area (Å²) in [5.74, 6) is 1.59. The minimum absolute atomic E-state index is 0.350. The zero-order valence-electron chi connectivity index (χ0n) is 9.95. The molecule has 0 spiro atoms.